The molecular weight excluding hydrogens is 392 g/mol. The van der Waals surface area contributed by atoms with Crippen molar-refractivity contribution in [2.75, 3.05) is 0 Å². The average Bonchev–Trinajstić information content (AvgIpc) is 2.63. The van der Waals surface area contributed by atoms with Gasteiger partial charge in [-0.25, -0.2) is 19.2 Å². The first-order valence-corrected chi connectivity index (χ1v) is 9.43. The van der Waals surface area contributed by atoms with Crippen molar-refractivity contribution >= 4 is 23.9 Å². The van der Waals surface area contributed by atoms with E-state index in [2.05, 4.69) is 26.3 Å². The molecule has 2 atom stereocenters. The number of hydrogen-bond donors (Lipinski definition) is 4. The molecule has 0 saturated heterocycles. The van der Waals surface area contributed by atoms with Gasteiger partial charge in [0.15, 0.2) is 0 Å². The quantitative estimate of drug-likeness (QED) is 0.350. The van der Waals surface area contributed by atoms with Gasteiger partial charge in [0.05, 0.1) is 0 Å². The van der Waals surface area contributed by atoms with Crippen molar-refractivity contribution in [2.45, 2.75) is 44.9 Å². The highest BCUT2D eigenvalue weighted by Crippen LogP contribution is 2.54. The highest BCUT2D eigenvalue weighted by molar-refractivity contribution is 5.88. The smallest absolute Gasteiger partial charge is 0.330 e. The maximum atomic E-state index is 11.4. The zero-order chi connectivity index (χ0) is 23.2. The summed E-state index contributed by atoms with van der Waals surface area (Å²) in [4.78, 5) is 45.4. The van der Waals surface area contributed by atoms with E-state index < -0.39 is 35.2 Å². The molecule has 1 fully saturated rings. The monoisotopic (exact) mass is 420 g/mol. The molecule has 0 aromatic carbocycles. The van der Waals surface area contributed by atoms with Crippen LogP contribution in [0.2, 0.25) is 0 Å². The molecule has 0 heterocycles. The van der Waals surface area contributed by atoms with Gasteiger partial charge in [-0.15, -0.1) is 0 Å². The summed E-state index contributed by atoms with van der Waals surface area (Å²) in [6.45, 7) is 14.3. The van der Waals surface area contributed by atoms with Crippen molar-refractivity contribution in [1.29, 1.82) is 0 Å². The number of aliphatic carboxylic acids is 4. The third-order valence-electron chi connectivity index (χ3n) is 5.90. The lowest BCUT2D eigenvalue weighted by Crippen LogP contribution is -2.39. The van der Waals surface area contributed by atoms with Crippen LogP contribution < -0.4 is 0 Å². The Hall–Kier alpha value is -3.16. The van der Waals surface area contributed by atoms with Crippen LogP contribution in [-0.4, -0.2) is 44.3 Å². The standard InChI is InChI=1S/C22H28O8/c1-12(18(23)24)7-16-5-6-22(10-14(3)20(27)28,11-15(4)21(29)30)17(9-16)8-13(2)19(25)26/h16-17H,1-11H2,(H,23,24)(H,25,26)(H,27,28)(H,29,30). The molecule has 0 aromatic rings. The van der Waals surface area contributed by atoms with Crippen LogP contribution in [0.15, 0.2) is 48.6 Å². The molecule has 4 N–H and O–H groups in total. The van der Waals surface area contributed by atoms with Crippen LogP contribution in [-0.2, 0) is 19.2 Å². The van der Waals surface area contributed by atoms with E-state index in [0.717, 1.165) is 0 Å². The fourth-order valence-corrected chi connectivity index (χ4v) is 4.30. The van der Waals surface area contributed by atoms with Gasteiger partial charge in [-0.05, 0) is 62.2 Å². The van der Waals surface area contributed by atoms with E-state index in [4.69, 9.17) is 5.11 Å². The van der Waals surface area contributed by atoms with E-state index >= 15 is 0 Å². The van der Waals surface area contributed by atoms with E-state index in [1.54, 1.807) is 0 Å². The third-order valence-corrected chi connectivity index (χ3v) is 5.90. The molecule has 1 saturated carbocycles. The lowest BCUT2D eigenvalue weighted by atomic mass is 9.56. The Kier molecular flexibility index (Phi) is 8.33. The molecule has 8 nitrogen and oxygen atoms in total. The van der Waals surface area contributed by atoms with Crippen molar-refractivity contribution in [3.05, 3.63) is 48.6 Å². The summed E-state index contributed by atoms with van der Waals surface area (Å²) in [7, 11) is 0. The molecule has 1 aliphatic carbocycles. The molecule has 0 spiro atoms. The predicted molar refractivity (Wildman–Crippen MR) is 109 cm³/mol. The van der Waals surface area contributed by atoms with Crippen molar-refractivity contribution in [2.24, 2.45) is 17.3 Å². The lowest BCUT2D eigenvalue weighted by Gasteiger charge is -2.47. The number of carboxylic acids is 4. The van der Waals surface area contributed by atoms with E-state index in [9.17, 15) is 34.5 Å². The Bertz CT molecular complexity index is 776. The zero-order valence-electron chi connectivity index (χ0n) is 16.9. The predicted octanol–water partition coefficient (Wildman–Crippen LogP) is 3.51. The minimum Gasteiger partial charge on any atom is -0.478 e. The highest BCUT2D eigenvalue weighted by Gasteiger charge is 2.45. The molecule has 2 unspecified atom stereocenters. The Labute approximate surface area is 174 Å². The second-order valence-corrected chi connectivity index (χ2v) is 8.10. The molecule has 0 bridgehead atoms. The van der Waals surface area contributed by atoms with Crippen LogP contribution in [0.25, 0.3) is 0 Å². The molecule has 1 aliphatic rings. The second-order valence-electron chi connectivity index (χ2n) is 8.10. The summed E-state index contributed by atoms with van der Waals surface area (Å²) >= 11 is 0. The lowest BCUT2D eigenvalue weighted by molar-refractivity contribution is -0.135. The molecule has 0 aromatic heterocycles. The largest absolute Gasteiger partial charge is 0.478 e. The first kappa shape index (κ1) is 24.9. The first-order chi connectivity index (χ1) is 13.8. The van der Waals surface area contributed by atoms with Gasteiger partial charge in [-0.3, -0.25) is 0 Å². The minimum atomic E-state index is -1.22. The van der Waals surface area contributed by atoms with E-state index in [1.807, 2.05) is 0 Å². The van der Waals surface area contributed by atoms with E-state index in [0.29, 0.717) is 19.3 Å². The minimum absolute atomic E-state index is 0.0190. The van der Waals surface area contributed by atoms with E-state index in [-0.39, 0.29) is 53.9 Å². The van der Waals surface area contributed by atoms with Gasteiger partial charge in [0, 0.05) is 22.3 Å². The SMILES string of the molecule is C=C(CC1CCC(CC(=C)C(=O)O)(CC(=C)C(=O)O)C(CC(=C)C(=O)O)C1)C(=O)O. The number of rotatable bonds is 12. The maximum Gasteiger partial charge on any atom is 0.330 e. The molecule has 30 heavy (non-hydrogen) atoms. The van der Waals surface area contributed by atoms with Crippen LogP contribution in [0.3, 0.4) is 0 Å². The molecule has 164 valence electrons. The van der Waals surface area contributed by atoms with Crippen molar-refractivity contribution in [1.82, 2.24) is 0 Å². The van der Waals surface area contributed by atoms with Crippen LogP contribution in [0.1, 0.15) is 44.9 Å². The summed E-state index contributed by atoms with van der Waals surface area (Å²) in [5, 5.41) is 37.1. The molecule has 0 amide bonds. The van der Waals surface area contributed by atoms with Gasteiger partial charge in [-0.2, -0.15) is 0 Å². The molecule has 1 rings (SSSR count). The maximum absolute atomic E-state index is 11.4. The normalized spacial score (nSPS) is 20.0. The van der Waals surface area contributed by atoms with Gasteiger partial charge in [0.25, 0.3) is 0 Å². The summed E-state index contributed by atoms with van der Waals surface area (Å²) < 4.78 is 0. The van der Waals surface area contributed by atoms with Gasteiger partial charge < -0.3 is 20.4 Å². The van der Waals surface area contributed by atoms with E-state index in [1.165, 1.54) is 0 Å². The summed E-state index contributed by atoms with van der Waals surface area (Å²) in [6.07, 6.45) is 1.45. The summed E-state index contributed by atoms with van der Waals surface area (Å²) in [5.41, 5.74) is -1.14. The van der Waals surface area contributed by atoms with Crippen LogP contribution >= 0.6 is 0 Å². The molecular formula is C22H28O8. The van der Waals surface area contributed by atoms with Crippen molar-refractivity contribution < 1.29 is 39.6 Å². The molecule has 0 aliphatic heterocycles. The Balaban J connectivity index is 3.33. The first-order valence-electron chi connectivity index (χ1n) is 9.43. The Morgan fingerprint density at radius 3 is 1.50 bits per heavy atom. The van der Waals surface area contributed by atoms with Gasteiger partial charge in [0.2, 0.25) is 0 Å². The van der Waals surface area contributed by atoms with Crippen molar-refractivity contribution in [3.8, 4) is 0 Å². The summed E-state index contributed by atoms with van der Waals surface area (Å²) in [5.74, 6) is -5.29. The van der Waals surface area contributed by atoms with Crippen LogP contribution in [0, 0.1) is 17.3 Å². The van der Waals surface area contributed by atoms with Crippen LogP contribution in [0.4, 0.5) is 0 Å². The van der Waals surface area contributed by atoms with Crippen molar-refractivity contribution in [3.63, 3.8) is 0 Å². The number of hydrogen-bond acceptors (Lipinski definition) is 4. The topological polar surface area (TPSA) is 149 Å². The van der Waals surface area contributed by atoms with Gasteiger partial charge in [0.1, 0.15) is 0 Å². The third kappa shape index (κ3) is 6.43. The van der Waals surface area contributed by atoms with Gasteiger partial charge >= 0.3 is 23.9 Å². The van der Waals surface area contributed by atoms with Gasteiger partial charge in [-0.1, -0.05) is 26.3 Å². The Morgan fingerprint density at radius 1 is 0.700 bits per heavy atom. The fraction of sp³-hybridized carbons (Fsp3) is 0.455. The Morgan fingerprint density at radius 2 is 1.10 bits per heavy atom. The number of carbonyl (C=O) groups is 4. The highest BCUT2D eigenvalue weighted by atomic mass is 16.4. The zero-order valence-corrected chi connectivity index (χ0v) is 16.9. The number of carboxylic acid groups (broad SMARTS) is 4. The fourth-order valence-electron chi connectivity index (χ4n) is 4.30. The molecule has 8 heteroatoms. The second kappa shape index (κ2) is 10.0. The molecule has 0 radical (unpaired) electrons. The summed E-state index contributed by atoms with van der Waals surface area (Å²) in [6, 6.07) is 0. The average molecular weight is 420 g/mol. The van der Waals surface area contributed by atoms with Crippen LogP contribution in [0.5, 0.6) is 0 Å².